The van der Waals surface area contributed by atoms with Crippen LogP contribution in [-0.2, 0) is 6.18 Å². The molecule has 6 heteroatoms. The monoisotopic (exact) mass is 370 g/mol. The van der Waals surface area contributed by atoms with E-state index in [1.54, 1.807) is 55.5 Å². The summed E-state index contributed by atoms with van der Waals surface area (Å²) in [7, 11) is 0. The van der Waals surface area contributed by atoms with E-state index in [0.717, 1.165) is 12.1 Å². The van der Waals surface area contributed by atoms with Crippen molar-refractivity contribution in [2.45, 2.75) is 19.1 Å². The lowest BCUT2D eigenvalue weighted by atomic mass is 10.1. The van der Waals surface area contributed by atoms with Gasteiger partial charge in [-0.15, -0.1) is 0 Å². The number of benzene rings is 2. The van der Waals surface area contributed by atoms with Gasteiger partial charge in [-0.05, 0) is 43.3 Å². The maximum atomic E-state index is 12.9. The second-order valence-electron chi connectivity index (χ2n) is 6.09. The van der Waals surface area contributed by atoms with E-state index in [-0.39, 0.29) is 5.91 Å². The average molecular weight is 370 g/mol. The summed E-state index contributed by atoms with van der Waals surface area (Å²) in [5.74, 6) is -0.241. The summed E-state index contributed by atoms with van der Waals surface area (Å²) in [6.07, 6.45) is -4.41. The smallest absolute Gasteiger partial charge is 0.344 e. The molecule has 0 aliphatic rings. The minimum Gasteiger partial charge on any atom is -0.344 e. The molecular formula is C21H17F3N2O. The van der Waals surface area contributed by atoms with Crippen molar-refractivity contribution < 1.29 is 18.0 Å². The molecular weight excluding hydrogens is 353 g/mol. The number of carbonyl (C=O) groups excluding carboxylic acids is 1. The summed E-state index contributed by atoms with van der Waals surface area (Å²) >= 11 is 0. The highest BCUT2D eigenvalue weighted by molar-refractivity contribution is 5.94. The van der Waals surface area contributed by atoms with Crippen molar-refractivity contribution in [2.75, 3.05) is 0 Å². The predicted octanol–water partition coefficient (Wildman–Crippen LogP) is 5.26. The molecule has 0 aliphatic carbocycles. The molecule has 0 saturated heterocycles. The van der Waals surface area contributed by atoms with Gasteiger partial charge in [0.15, 0.2) is 0 Å². The zero-order chi connectivity index (χ0) is 19.4. The highest BCUT2D eigenvalue weighted by Gasteiger charge is 2.30. The Morgan fingerprint density at radius 1 is 0.963 bits per heavy atom. The first kappa shape index (κ1) is 18.6. The molecule has 27 heavy (non-hydrogen) atoms. The van der Waals surface area contributed by atoms with Gasteiger partial charge in [-0.25, -0.2) is 0 Å². The van der Waals surface area contributed by atoms with Crippen molar-refractivity contribution in [1.29, 1.82) is 0 Å². The number of nitrogens with one attached hydrogen (secondary N) is 1. The molecule has 3 nitrogen and oxygen atoms in total. The zero-order valence-electron chi connectivity index (χ0n) is 14.5. The van der Waals surface area contributed by atoms with Crippen LogP contribution in [0, 0.1) is 0 Å². The van der Waals surface area contributed by atoms with Gasteiger partial charge in [0.05, 0.1) is 23.0 Å². The highest BCUT2D eigenvalue weighted by atomic mass is 19.4. The lowest BCUT2D eigenvalue weighted by molar-refractivity contribution is -0.137. The van der Waals surface area contributed by atoms with Crippen LogP contribution in [0.4, 0.5) is 13.2 Å². The molecule has 1 amide bonds. The number of hydrogen-bond acceptors (Lipinski definition) is 2. The lowest BCUT2D eigenvalue weighted by Gasteiger charge is -2.15. The van der Waals surface area contributed by atoms with Crippen molar-refractivity contribution in [3.63, 3.8) is 0 Å². The fourth-order valence-electron chi connectivity index (χ4n) is 2.65. The maximum Gasteiger partial charge on any atom is 0.416 e. The number of nitrogens with zero attached hydrogens (tertiary/aromatic N) is 1. The van der Waals surface area contributed by atoms with Crippen LogP contribution in [0.3, 0.4) is 0 Å². The topological polar surface area (TPSA) is 42.0 Å². The third-order valence-electron chi connectivity index (χ3n) is 4.08. The van der Waals surface area contributed by atoms with Gasteiger partial charge in [0.2, 0.25) is 0 Å². The second-order valence-corrected chi connectivity index (χ2v) is 6.09. The molecule has 1 N–H and O–H groups in total. The van der Waals surface area contributed by atoms with E-state index in [2.05, 4.69) is 10.3 Å². The number of hydrogen-bond donors (Lipinski definition) is 1. The fourth-order valence-corrected chi connectivity index (χ4v) is 2.65. The Kier molecular flexibility index (Phi) is 5.26. The summed E-state index contributed by atoms with van der Waals surface area (Å²) in [5.41, 5.74) is 1.15. The Morgan fingerprint density at radius 3 is 2.37 bits per heavy atom. The molecule has 0 fully saturated rings. The van der Waals surface area contributed by atoms with Crippen molar-refractivity contribution in [2.24, 2.45) is 0 Å². The van der Waals surface area contributed by atoms with Crippen LogP contribution in [0.1, 0.15) is 34.6 Å². The molecule has 1 heterocycles. The summed E-state index contributed by atoms with van der Waals surface area (Å²) in [6, 6.07) is 18.5. The van der Waals surface area contributed by atoms with E-state index >= 15 is 0 Å². The summed E-state index contributed by atoms with van der Waals surface area (Å²) < 4.78 is 38.8. The Hall–Kier alpha value is -3.15. The first-order chi connectivity index (χ1) is 12.8. The third-order valence-corrected chi connectivity index (χ3v) is 4.08. The van der Waals surface area contributed by atoms with Crippen molar-refractivity contribution in [1.82, 2.24) is 10.3 Å². The number of pyridine rings is 1. The van der Waals surface area contributed by atoms with Crippen LogP contribution in [0.15, 0.2) is 72.8 Å². The quantitative estimate of drug-likeness (QED) is 0.681. The van der Waals surface area contributed by atoms with Crippen LogP contribution in [-0.4, -0.2) is 10.9 Å². The van der Waals surface area contributed by atoms with Gasteiger partial charge < -0.3 is 5.32 Å². The molecule has 2 aromatic carbocycles. The summed E-state index contributed by atoms with van der Waals surface area (Å²) in [5, 5.41) is 2.85. The zero-order valence-corrected chi connectivity index (χ0v) is 14.5. The lowest BCUT2D eigenvalue weighted by Crippen LogP contribution is -2.27. The standard InChI is InChI=1S/C21H17F3N2O/c1-14(25-20(27)15-7-3-2-4-8-15)18-11-6-12-19(26-18)16-9-5-10-17(13-16)21(22,23)24/h2-14H,1H3,(H,25,27). The van der Waals surface area contributed by atoms with Crippen LogP contribution in [0.25, 0.3) is 11.3 Å². The largest absolute Gasteiger partial charge is 0.416 e. The van der Waals surface area contributed by atoms with Gasteiger partial charge >= 0.3 is 6.18 Å². The van der Waals surface area contributed by atoms with E-state index in [1.807, 2.05) is 6.07 Å². The Morgan fingerprint density at radius 2 is 1.67 bits per heavy atom. The minimum atomic E-state index is -4.41. The normalized spacial score (nSPS) is 12.4. The Balaban J connectivity index is 1.82. The third kappa shape index (κ3) is 4.53. The Labute approximate surface area is 154 Å². The van der Waals surface area contributed by atoms with Crippen LogP contribution >= 0.6 is 0 Å². The molecule has 0 bridgehead atoms. The van der Waals surface area contributed by atoms with Crippen LogP contribution in [0.2, 0.25) is 0 Å². The first-order valence-corrected chi connectivity index (χ1v) is 8.35. The van der Waals surface area contributed by atoms with Gasteiger partial charge in [0, 0.05) is 11.1 Å². The molecule has 3 rings (SSSR count). The molecule has 1 aromatic heterocycles. The molecule has 0 radical (unpaired) electrons. The van der Waals surface area contributed by atoms with Crippen LogP contribution < -0.4 is 5.32 Å². The average Bonchev–Trinajstić information content (AvgIpc) is 2.68. The fraction of sp³-hybridized carbons (Fsp3) is 0.143. The highest BCUT2D eigenvalue weighted by Crippen LogP contribution is 2.31. The summed E-state index contributed by atoms with van der Waals surface area (Å²) in [6.45, 7) is 1.78. The maximum absolute atomic E-state index is 12.9. The van der Waals surface area contributed by atoms with Gasteiger partial charge in [0.25, 0.3) is 5.91 Å². The van der Waals surface area contributed by atoms with E-state index in [1.165, 1.54) is 6.07 Å². The number of rotatable bonds is 4. The van der Waals surface area contributed by atoms with E-state index < -0.39 is 17.8 Å². The molecule has 3 aromatic rings. The second kappa shape index (κ2) is 7.61. The van der Waals surface area contributed by atoms with Crippen LogP contribution in [0.5, 0.6) is 0 Å². The van der Waals surface area contributed by atoms with Gasteiger partial charge in [-0.2, -0.15) is 13.2 Å². The van der Waals surface area contributed by atoms with Crippen molar-refractivity contribution >= 4 is 5.91 Å². The molecule has 0 saturated carbocycles. The molecule has 138 valence electrons. The molecule has 1 unspecified atom stereocenters. The van der Waals surface area contributed by atoms with E-state index in [9.17, 15) is 18.0 Å². The van der Waals surface area contributed by atoms with Crippen molar-refractivity contribution in [3.8, 4) is 11.3 Å². The van der Waals surface area contributed by atoms with Crippen molar-refractivity contribution in [3.05, 3.63) is 89.6 Å². The number of halogens is 3. The first-order valence-electron chi connectivity index (χ1n) is 8.35. The van der Waals surface area contributed by atoms with Gasteiger partial charge in [0.1, 0.15) is 0 Å². The minimum absolute atomic E-state index is 0.241. The Bertz CT molecular complexity index is 939. The summed E-state index contributed by atoms with van der Waals surface area (Å²) in [4.78, 5) is 16.7. The number of alkyl halides is 3. The van der Waals surface area contributed by atoms with E-state index in [0.29, 0.717) is 22.5 Å². The number of carbonyl (C=O) groups is 1. The molecule has 1 atom stereocenters. The van der Waals surface area contributed by atoms with Gasteiger partial charge in [-0.1, -0.05) is 36.4 Å². The molecule has 0 spiro atoms. The predicted molar refractivity (Wildman–Crippen MR) is 97.0 cm³/mol. The van der Waals surface area contributed by atoms with Gasteiger partial charge in [-0.3, -0.25) is 9.78 Å². The number of amides is 1. The SMILES string of the molecule is CC(NC(=O)c1ccccc1)c1cccc(-c2cccc(C(F)(F)F)c2)n1. The number of aromatic nitrogens is 1. The van der Waals surface area contributed by atoms with E-state index in [4.69, 9.17) is 0 Å². The molecule has 0 aliphatic heterocycles.